The van der Waals surface area contributed by atoms with E-state index < -0.39 is 0 Å². The maximum atomic E-state index is 11.8. The van der Waals surface area contributed by atoms with Crippen LogP contribution in [0.2, 0.25) is 0 Å². The van der Waals surface area contributed by atoms with Gasteiger partial charge in [0, 0.05) is 28.5 Å². The first-order valence-electron chi connectivity index (χ1n) is 6.06. The molecule has 0 unspecified atom stereocenters. The van der Waals surface area contributed by atoms with E-state index in [0.717, 1.165) is 5.56 Å². The van der Waals surface area contributed by atoms with Gasteiger partial charge >= 0.3 is 0 Å². The molecule has 0 aliphatic heterocycles. The van der Waals surface area contributed by atoms with E-state index in [4.69, 9.17) is 11.5 Å². The summed E-state index contributed by atoms with van der Waals surface area (Å²) in [5, 5.41) is 11.0. The van der Waals surface area contributed by atoms with Crippen LogP contribution in [-0.4, -0.2) is 10.1 Å². The molecule has 0 aliphatic rings. The molecule has 0 fully saturated rings. The summed E-state index contributed by atoms with van der Waals surface area (Å²) in [5.74, 6) is 0.0459. The molecule has 1 heterocycles. The van der Waals surface area contributed by atoms with E-state index in [9.17, 15) is 9.90 Å². The average Bonchev–Trinajstić information content (AvgIpc) is 2.39. The number of nitrogens with one attached hydrogen (secondary N) is 1. The Balaban J connectivity index is 2.43. The molecule has 0 radical (unpaired) electrons. The number of rotatable bonds is 1. The molecule has 0 saturated carbocycles. The highest BCUT2D eigenvalue weighted by molar-refractivity contribution is 6.00. The zero-order valence-corrected chi connectivity index (χ0v) is 10.6. The highest BCUT2D eigenvalue weighted by Crippen LogP contribution is 2.34. The summed E-state index contributed by atoms with van der Waals surface area (Å²) in [6.45, 7) is 0. The van der Waals surface area contributed by atoms with Crippen LogP contribution in [0.25, 0.3) is 21.9 Å². The fourth-order valence-corrected chi connectivity index (χ4v) is 2.36. The van der Waals surface area contributed by atoms with Crippen molar-refractivity contribution in [1.82, 2.24) is 4.98 Å². The lowest BCUT2D eigenvalue weighted by atomic mass is 9.99. The van der Waals surface area contributed by atoms with E-state index >= 15 is 0 Å². The normalized spacial score (nSPS) is 10.8. The number of phenolic OH excluding ortho intramolecular Hbond substituents is 1. The van der Waals surface area contributed by atoms with Gasteiger partial charge in [-0.25, -0.2) is 0 Å². The first-order chi connectivity index (χ1) is 9.56. The Labute approximate surface area is 114 Å². The van der Waals surface area contributed by atoms with Crippen molar-refractivity contribution in [2.45, 2.75) is 0 Å². The molecule has 0 atom stereocenters. The van der Waals surface area contributed by atoms with Crippen LogP contribution in [-0.2, 0) is 0 Å². The molecule has 0 saturated heterocycles. The van der Waals surface area contributed by atoms with Gasteiger partial charge in [0.1, 0.15) is 5.75 Å². The van der Waals surface area contributed by atoms with Gasteiger partial charge in [-0.05, 0) is 35.9 Å². The molecule has 0 spiro atoms. The Morgan fingerprint density at radius 2 is 1.75 bits per heavy atom. The lowest BCUT2D eigenvalue weighted by Crippen LogP contribution is -2.06. The molecule has 3 rings (SSSR count). The zero-order valence-electron chi connectivity index (χ0n) is 10.6. The number of pyridine rings is 1. The average molecular weight is 267 g/mol. The van der Waals surface area contributed by atoms with Crippen LogP contribution in [0.5, 0.6) is 5.75 Å². The van der Waals surface area contributed by atoms with Crippen LogP contribution in [0.4, 0.5) is 11.4 Å². The van der Waals surface area contributed by atoms with E-state index in [-0.39, 0.29) is 11.3 Å². The van der Waals surface area contributed by atoms with Gasteiger partial charge in [-0.2, -0.15) is 0 Å². The first-order valence-corrected chi connectivity index (χ1v) is 6.06. The van der Waals surface area contributed by atoms with Crippen molar-refractivity contribution in [3.05, 3.63) is 52.9 Å². The molecule has 20 heavy (non-hydrogen) atoms. The summed E-state index contributed by atoms with van der Waals surface area (Å²) in [6.07, 6.45) is 1.55. The number of anilines is 2. The molecule has 0 aliphatic carbocycles. The number of H-pyrrole nitrogens is 1. The molecule has 100 valence electrons. The predicted molar refractivity (Wildman–Crippen MR) is 80.5 cm³/mol. The van der Waals surface area contributed by atoms with Gasteiger partial charge < -0.3 is 21.6 Å². The summed E-state index contributed by atoms with van der Waals surface area (Å²) in [6, 6.07) is 9.97. The molecular formula is C15H13N3O2. The molecular weight excluding hydrogens is 254 g/mol. The molecule has 6 N–H and O–H groups in total. The van der Waals surface area contributed by atoms with E-state index in [1.54, 1.807) is 42.6 Å². The van der Waals surface area contributed by atoms with Crippen molar-refractivity contribution >= 4 is 22.1 Å². The number of benzene rings is 2. The molecule has 5 nitrogen and oxygen atoms in total. The molecule has 3 aromatic rings. The predicted octanol–water partition coefficient (Wildman–Crippen LogP) is 2.07. The summed E-state index contributed by atoms with van der Waals surface area (Å²) in [5.41, 5.74) is 13.8. The topological polar surface area (TPSA) is 105 Å². The third kappa shape index (κ3) is 1.85. The number of aromatic nitrogens is 1. The molecule has 2 aromatic carbocycles. The number of fused-ring (bicyclic) bond motifs is 1. The van der Waals surface area contributed by atoms with Crippen LogP contribution in [0, 0.1) is 0 Å². The van der Waals surface area contributed by atoms with Crippen molar-refractivity contribution in [1.29, 1.82) is 0 Å². The van der Waals surface area contributed by atoms with Gasteiger partial charge in [0.2, 0.25) is 0 Å². The highest BCUT2D eigenvalue weighted by Gasteiger charge is 2.11. The van der Waals surface area contributed by atoms with Crippen LogP contribution < -0.4 is 17.0 Å². The van der Waals surface area contributed by atoms with Crippen molar-refractivity contribution < 1.29 is 5.11 Å². The third-order valence-electron chi connectivity index (χ3n) is 3.19. The largest absolute Gasteiger partial charge is 0.507 e. The van der Waals surface area contributed by atoms with E-state index in [1.165, 1.54) is 0 Å². The highest BCUT2D eigenvalue weighted by atomic mass is 16.3. The fraction of sp³-hybridized carbons (Fsp3) is 0. The Morgan fingerprint density at radius 3 is 2.45 bits per heavy atom. The van der Waals surface area contributed by atoms with Gasteiger partial charge in [0.05, 0.1) is 5.39 Å². The van der Waals surface area contributed by atoms with Crippen molar-refractivity contribution in [2.24, 2.45) is 0 Å². The lowest BCUT2D eigenvalue weighted by molar-refractivity contribution is 0.481. The quantitative estimate of drug-likeness (QED) is 0.506. The third-order valence-corrected chi connectivity index (χ3v) is 3.19. The Morgan fingerprint density at radius 1 is 1.05 bits per heavy atom. The Kier molecular flexibility index (Phi) is 2.61. The number of nitrogen functional groups attached to an aromatic ring is 2. The second kappa shape index (κ2) is 4.31. The van der Waals surface area contributed by atoms with Crippen LogP contribution in [0.3, 0.4) is 0 Å². The molecule has 5 heteroatoms. The lowest BCUT2D eigenvalue weighted by Gasteiger charge is -2.09. The smallest absolute Gasteiger partial charge is 0.255 e. The number of aromatic amines is 1. The van der Waals surface area contributed by atoms with E-state index in [2.05, 4.69) is 4.98 Å². The monoisotopic (exact) mass is 267 g/mol. The minimum absolute atomic E-state index is 0.0459. The second-order valence-corrected chi connectivity index (χ2v) is 4.62. The number of nitrogens with two attached hydrogens (primary N) is 2. The van der Waals surface area contributed by atoms with Gasteiger partial charge in [0.15, 0.2) is 0 Å². The maximum absolute atomic E-state index is 11.8. The van der Waals surface area contributed by atoms with Crippen LogP contribution in [0.15, 0.2) is 47.4 Å². The molecule has 0 amide bonds. The first kappa shape index (κ1) is 12.1. The number of hydrogen-bond donors (Lipinski definition) is 4. The van der Waals surface area contributed by atoms with Gasteiger partial charge in [0.25, 0.3) is 5.56 Å². The van der Waals surface area contributed by atoms with Gasteiger partial charge in [-0.1, -0.05) is 6.07 Å². The fourth-order valence-electron chi connectivity index (χ4n) is 2.36. The summed E-state index contributed by atoms with van der Waals surface area (Å²) in [4.78, 5) is 14.5. The SMILES string of the molecule is Nc1cc(N)cc(-c2c[nH]c(=O)c3cccc(O)c23)c1. The van der Waals surface area contributed by atoms with E-state index in [1.807, 2.05) is 0 Å². The number of aromatic hydroxyl groups is 1. The Hall–Kier alpha value is -2.95. The summed E-state index contributed by atoms with van der Waals surface area (Å²) >= 11 is 0. The standard InChI is InChI=1S/C15H13N3O2/c16-9-4-8(5-10(17)6-9)12-7-18-15(20)11-2-1-3-13(19)14(11)12/h1-7,19H,16-17H2,(H,18,20). The molecule has 1 aromatic heterocycles. The summed E-state index contributed by atoms with van der Waals surface area (Å²) in [7, 11) is 0. The van der Waals surface area contributed by atoms with Gasteiger partial charge in [-0.3, -0.25) is 4.79 Å². The zero-order chi connectivity index (χ0) is 14.3. The number of phenols is 1. The van der Waals surface area contributed by atoms with Gasteiger partial charge in [-0.15, -0.1) is 0 Å². The minimum Gasteiger partial charge on any atom is -0.507 e. The van der Waals surface area contributed by atoms with Crippen LogP contribution >= 0.6 is 0 Å². The van der Waals surface area contributed by atoms with Crippen molar-refractivity contribution in [3.8, 4) is 16.9 Å². The van der Waals surface area contributed by atoms with Crippen LogP contribution in [0.1, 0.15) is 0 Å². The van der Waals surface area contributed by atoms with Crippen molar-refractivity contribution in [2.75, 3.05) is 11.5 Å². The molecule has 0 bridgehead atoms. The summed E-state index contributed by atoms with van der Waals surface area (Å²) < 4.78 is 0. The maximum Gasteiger partial charge on any atom is 0.255 e. The number of hydrogen-bond acceptors (Lipinski definition) is 4. The van der Waals surface area contributed by atoms with E-state index in [0.29, 0.717) is 27.7 Å². The second-order valence-electron chi connectivity index (χ2n) is 4.62. The minimum atomic E-state index is -0.253. The van der Waals surface area contributed by atoms with Crippen molar-refractivity contribution in [3.63, 3.8) is 0 Å². The Bertz CT molecular complexity index is 848.